The summed E-state index contributed by atoms with van der Waals surface area (Å²) < 4.78 is 39.1. The molecule has 0 aliphatic carbocycles. The Balaban J connectivity index is 1.71. The molecule has 2 aromatic rings. The van der Waals surface area contributed by atoms with Crippen LogP contribution in [-0.4, -0.2) is 41.3 Å². The highest BCUT2D eigenvalue weighted by Crippen LogP contribution is 2.31. The zero-order valence-corrected chi connectivity index (χ0v) is 20.4. The maximum absolute atomic E-state index is 13.1. The van der Waals surface area contributed by atoms with E-state index in [2.05, 4.69) is 20.9 Å². The van der Waals surface area contributed by atoms with Gasteiger partial charge in [-0.15, -0.1) is 0 Å². The number of aromatic nitrogens is 1. The van der Waals surface area contributed by atoms with Crippen molar-refractivity contribution in [3.63, 3.8) is 0 Å². The van der Waals surface area contributed by atoms with Gasteiger partial charge in [-0.1, -0.05) is 20.8 Å². The van der Waals surface area contributed by atoms with Crippen molar-refractivity contribution >= 4 is 28.6 Å². The molecular weight excluding hydrogens is 475 g/mol. The van der Waals surface area contributed by atoms with Crippen LogP contribution in [0.4, 0.5) is 13.2 Å². The molecule has 0 saturated carbocycles. The molecule has 0 bridgehead atoms. The number of H-pyrrole nitrogens is 1. The lowest BCUT2D eigenvalue weighted by Crippen LogP contribution is -2.51. The molecule has 1 aromatic heterocycles. The number of carbonyl (C=O) groups excluding carboxylic acids is 3. The minimum absolute atomic E-state index is 0.0140. The Labute approximate surface area is 207 Å². The predicted molar refractivity (Wildman–Crippen MR) is 127 cm³/mol. The first-order valence-corrected chi connectivity index (χ1v) is 11.8. The number of amides is 3. The van der Waals surface area contributed by atoms with E-state index in [9.17, 15) is 32.8 Å². The number of benzene rings is 1. The second-order valence-electron chi connectivity index (χ2n) is 10.3. The molecule has 1 aliphatic heterocycles. The smallest absolute Gasteiger partial charge is 0.356 e. The van der Waals surface area contributed by atoms with Crippen molar-refractivity contribution in [3.8, 4) is 6.07 Å². The van der Waals surface area contributed by atoms with Crippen LogP contribution in [-0.2, 0) is 15.8 Å². The molecule has 1 fully saturated rings. The molecule has 194 valence electrons. The number of rotatable bonds is 8. The maximum Gasteiger partial charge on any atom is 0.416 e. The Kier molecular flexibility index (Phi) is 7.96. The van der Waals surface area contributed by atoms with Gasteiger partial charge >= 0.3 is 6.18 Å². The summed E-state index contributed by atoms with van der Waals surface area (Å²) in [5.74, 6) is -1.45. The molecule has 1 saturated heterocycles. The number of aromatic amines is 1. The highest BCUT2D eigenvalue weighted by Gasteiger charge is 2.32. The van der Waals surface area contributed by atoms with Gasteiger partial charge in [0.2, 0.25) is 11.8 Å². The van der Waals surface area contributed by atoms with E-state index in [0.29, 0.717) is 31.3 Å². The van der Waals surface area contributed by atoms with Crippen LogP contribution in [0.25, 0.3) is 10.9 Å². The first-order chi connectivity index (χ1) is 16.8. The number of fused-ring (bicyclic) bond motifs is 1. The van der Waals surface area contributed by atoms with Gasteiger partial charge in [0.25, 0.3) is 5.91 Å². The number of carbonyl (C=O) groups is 3. The second-order valence-corrected chi connectivity index (χ2v) is 10.3. The Bertz CT molecular complexity index is 1180. The van der Waals surface area contributed by atoms with Crippen molar-refractivity contribution in [1.82, 2.24) is 20.9 Å². The molecular formula is C25H30F3N5O3. The van der Waals surface area contributed by atoms with Gasteiger partial charge in [-0.05, 0) is 55.4 Å². The van der Waals surface area contributed by atoms with Crippen LogP contribution in [0.15, 0.2) is 24.3 Å². The summed E-state index contributed by atoms with van der Waals surface area (Å²) in [4.78, 5) is 40.5. The van der Waals surface area contributed by atoms with E-state index in [4.69, 9.17) is 0 Å². The molecule has 8 nitrogen and oxygen atoms in total. The molecule has 36 heavy (non-hydrogen) atoms. The highest BCUT2D eigenvalue weighted by molar-refractivity contribution is 6.00. The summed E-state index contributed by atoms with van der Waals surface area (Å²) in [5, 5.41) is 17.8. The molecule has 3 amide bonds. The van der Waals surface area contributed by atoms with Gasteiger partial charge in [0.1, 0.15) is 17.8 Å². The fourth-order valence-corrected chi connectivity index (χ4v) is 4.22. The number of nitrogens with one attached hydrogen (secondary N) is 4. The van der Waals surface area contributed by atoms with E-state index in [1.165, 1.54) is 12.1 Å². The minimum Gasteiger partial charge on any atom is -0.356 e. The maximum atomic E-state index is 13.1. The van der Waals surface area contributed by atoms with E-state index in [1.807, 2.05) is 26.8 Å². The number of hydrogen-bond acceptors (Lipinski definition) is 4. The molecule has 2 heterocycles. The molecule has 0 unspecified atom stereocenters. The van der Waals surface area contributed by atoms with Crippen LogP contribution in [0.5, 0.6) is 0 Å². The van der Waals surface area contributed by atoms with Crippen LogP contribution >= 0.6 is 0 Å². The van der Waals surface area contributed by atoms with Crippen LogP contribution < -0.4 is 16.0 Å². The fourth-order valence-electron chi connectivity index (χ4n) is 4.22. The molecule has 0 spiro atoms. The van der Waals surface area contributed by atoms with E-state index in [-0.39, 0.29) is 34.7 Å². The predicted octanol–water partition coefficient (Wildman–Crippen LogP) is 3.65. The number of alkyl halides is 3. The first kappa shape index (κ1) is 27.0. The van der Waals surface area contributed by atoms with Gasteiger partial charge in [-0.3, -0.25) is 14.4 Å². The monoisotopic (exact) mass is 505 g/mol. The van der Waals surface area contributed by atoms with Crippen LogP contribution in [0.3, 0.4) is 0 Å². The SMILES string of the molecule is CC(C)(C)C[C@H](NC(=O)c1cc2cc(C(F)(F)F)ccc2[nH]1)C(=O)N[C@H](C#N)CC[C@@H]1CCNC1=O. The van der Waals surface area contributed by atoms with Gasteiger partial charge in [-0.25, -0.2) is 0 Å². The summed E-state index contributed by atoms with van der Waals surface area (Å²) in [7, 11) is 0. The van der Waals surface area contributed by atoms with E-state index < -0.39 is 35.6 Å². The quantitative estimate of drug-likeness (QED) is 0.437. The lowest BCUT2D eigenvalue weighted by Gasteiger charge is -2.27. The van der Waals surface area contributed by atoms with Gasteiger partial charge in [0.15, 0.2) is 0 Å². The summed E-state index contributed by atoms with van der Waals surface area (Å²) in [5.41, 5.74) is -0.823. The average Bonchev–Trinajstić information content (AvgIpc) is 3.39. The number of nitrogens with zero attached hydrogens (tertiary/aromatic N) is 1. The normalized spacial score (nSPS) is 17.8. The van der Waals surface area contributed by atoms with Gasteiger partial charge in [0.05, 0.1) is 11.6 Å². The van der Waals surface area contributed by atoms with Crippen LogP contribution in [0.1, 0.15) is 62.5 Å². The van der Waals surface area contributed by atoms with Crippen molar-refractivity contribution in [3.05, 3.63) is 35.5 Å². The number of hydrogen-bond donors (Lipinski definition) is 4. The molecule has 0 radical (unpaired) electrons. The molecule has 1 aromatic carbocycles. The zero-order chi connectivity index (χ0) is 26.7. The molecule has 3 rings (SSSR count). The molecule has 1 aliphatic rings. The summed E-state index contributed by atoms with van der Waals surface area (Å²) in [6.45, 7) is 6.27. The van der Waals surface area contributed by atoms with Crippen molar-refractivity contribution in [1.29, 1.82) is 5.26 Å². The molecule has 4 N–H and O–H groups in total. The van der Waals surface area contributed by atoms with Crippen LogP contribution in [0, 0.1) is 22.7 Å². The van der Waals surface area contributed by atoms with E-state index in [0.717, 1.165) is 12.1 Å². The zero-order valence-electron chi connectivity index (χ0n) is 20.4. The Morgan fingerprint density at radius 3 is 2.50 bits per heavy atom. The van der Waals surface area contributed by atoms with Gasteiger partial charge < -0.3 is 20.9 Å². The van der Waals surface area contributed by atoms with Gasteiger partial charge in [0, 0.05) is 23.4 Å². The van der Waals surface area contributed by atoms with E-state index >= 15 is 0 Å². The van der Waals surface area contributed by atoms with Crippen molar-refractivity contribution in [2.75, 3.05) is 6.54 Å². The second kappa shape index (κ2) is 10.6. The summed E-state index contributed by atoms with van der Waals surface area (Å²) in [6, 6.07) is 4.64. The third-order valence-electron chi connectivity index (χ3n) is 6.07. The van der Waals surface area contributed by atoms with Crippen molar-refractivity contribution in [2.24, 2.45) is 11.3 Å². The number of halogens is 3. The fraction of sp³-hybridized carbons (Fsp3) is 0.520. The lowest BCUT2D eigenvalue weighted by atomic mass is 9.87. The first-order valence-electron chi connectivity index (χ1n) is 11.8. The third kappa shape index (κ3) is 6.99. The van der Waals surface area contributed by atoms with Crippen molar-refractivity contribution < 1.29 is 27.6 Å². The lowest BCUT2D eigenvalue weighted by molar-refractivity contribution is -0.137. The largest absolute Gasteiger partial charge is 0.416 e. The number of nitriles is 1. The minimum atomic E-state index is -4.51. The Morgan fingerprint density at radius 1 is 1.19 bits per heavy atom. The standard InChI is InChI=1S/C25H30F3N5O3/c1-24(2,3)12-20(23(36)31-17(13-29)6-4-14-8-9-30-21(14)34)33-22(35)19-11-15-10-16(25(26,27)28)5-7-18(15)32-19/h5,7,10-11,14,17,20,32H,4,6,8-9,12H2,1-3H3,(H,30,34)(H,31,36)(H,33,35)/t14-,17+,20+/m1/s1. The summed E-state index contributed by atoms with van der Waals surface area (Å²) >= 11 is 0. The Morgan fingerprint density at radius 2 is 1.92 bits per heavy atom. The van der Waals surface area contributed by atoms with Crippen LogP contribution in [0.2, 0.25) is 0 Å². The van der Waals surface area contributed by atoms with E-state index in [1.54, 1.807) is 0 Å². The molecule has 11 heteroatoms. The van der Waals surface area contributed by atoms with Gasteiger partial charge in [-0.2, -0.15) is 18.4 Å². The highest BCUT2D eigenvalue weighted by atomic mass is 19.4. The average molecular weight is 506 g/mol. The molecule has 3 atom stereocenters. The topological polar surface area (TPSA) is 127 Å². The third-order valence-corrected chi connectivity index (χ3v) is 6.07. The summed E-state index contributed by atoms with van der Waals surface area (Å²) in [6.07, 6.45) is -2.83. The van der Waals surface area contributed by atoms with Crippen molar-refractivity contribution in [2.45, 2.75) is 64.7 Å². The Hall–Kier alpha value is -3.55.